The molecule has 0 saturated carbocycles. The van der Waals surface area contributed by atoms with Gasteiger partial charge < -0.3 is 14.5 Å². The third kappa shape index (κ3) is 5.50. The standard InChI is InChI=1S/C22H22F3N3O5S/c1-14(27-21(29)20-15(2)26-13-33-20)5-10-19-16(3)34(30,31)28(11-4-12-32-19)18-8-6-17(7-9-18)22(23,24)25/h5-10,13H,3-4,11-12H2,1-2H3,(H,27,29)/b14-5+,19-10+. The maximum atomic E-state index is 13.2. The Bertz CT molecular complexity index is 1250. The first-order valence-electron chi connectivity index (χ1n) is 10.0. The van der Waals surface area contributed by atoms with Gasteiger partial charge in [-0.05, 0) is 50.3 Å². The highest BCUT2D eigenvalue weighted by atomic mass is 32.2. The summed E-state index contributed by atoms with van der Waals surface area (Å²) >= 11 is 0. The minimum absolute atomic E-state index is 0.00144. The maximum absolute atomic E-state index is 13.2. The number of carbonyl (C=O) groups excluding carboxylic acids is 1. The topological polar surface area (TPSA) is 102 Å². The lowest BCUT2D eigenvalue weighted by molar-refractivity contribution is -0.137. The van der Waals surface area contributed by atoms with E-state index in [1.807, 2.05) is 0 Å². The predicted octanol–water partition coefficient (Wildman–Crippen LogP) is 4.29. The van der Waals surface area contributed by atoms with Crippen LogP contribution >= 0.6 is 0 Å². The van der Waals surface area contributed by atoms with Crippen LogP contribution in [0.3, 0.4) is 0 Å². The molecule has 0 aliphatic carbocycles. The minimum Gasteiger partial charge on any atom is -0.492 e. The lowest BCUT2D eigenvalue weighted by Gasteiger charge is -2.28. The molecule has 2 heterocycles. The van der Waals surface area contributed by atoms with Crippen molar-refractivity contribution in [3.8, 4) is 0 Å². The molecule has 1 amide bonds. The largest absolute Gasteiger partial charge is 0.492 e. The molecule has 34 heavy (non-hydrogen) atoms. The van der Waals surface area contributed by atoms with Crippen LogP contribution < -0.4 is 9.62 Å². The Morgan fingerprint density at radius 3 is 2.53 bits per heavy atom. The number of aromatic nitrogens is 1. The molecule has 0 atom stereocenters. The zero-order chi connectivity index (χ0) is 25.1. The predicted molar refractivity (Wildman–Crippen MR) is 118 cm³/mol. The molecule has 1 N–H and O–H groups in total. The summed E-state index contributed by atoms with van der Waals surface area (Å²) < 4.78 is 76.5. The number of hydrogen-bond acceptors (Lipinski definition) is 6. The first-order chi connectivity index (χ1) is 15.9. The van der Waals surface area contributed by atoms with Gasteiger partial charge in [-0.2, -0.15) is 13.2 Å². The van der Waals surface area contributed by atoms with Gasteiger partial charge in [-0.3, -0.25) is 9.10 Å². The smallest absolute Gasteiger partial charge is 0.416 e. The summed E-state index contributed by atoms with van der Waals surface area (Å²) in [7, 11) is -4.20. The zero-order valence-electron chi connectivity index (χ0n) is 18.3. The van der Waals surface area contributed by atoms with Crippen LogP contribution in [-0.4, -0.2) is 32.5 Å². The summed E-state index contributed by atoms with van der Waals surface area (Å²) in [5.74, 6) is -0.538. The van der Waals surface area contributed by atoms with Crippen LogP contribution in [0.4, 0.5) is 18.9 Å². The number of sulfonamides is 1. The second-order valence-electron chi connectivity index (χ2n) is 7.35. The number of oxazole rings is 1. The van der Waals surface area contributed by atoms with Crippen LogP contribution in [0.2, 0.25) is 0 Å². The third-order valence-electron chi connectivity index (χ3n) is 4.87. The normalized spacial score (nSPS) is 18.3. The first kappa shape index (κ1) is 25.1. The molecular formula is C22H22F3N3O5S. The van der Waals surface area contributed by atoms with Gasteiger partial charge in [-0.25, -0.2) is 13.4 Å². The van der Waals surface area contributed by atoms with Gasteiger partial charge in [0.1, 0.15) is 10.7 Å². The number of aryl methyl sites for hydroxylation is 1. The highest BCUT2D eigenvalue weighted by molar-refractivity contribution is 7.96. The van der Waals surface area contributed by atoms with Crippen LogP contribution in [0.25, 0.3) is 0 Å². The second kappa shape index (κ2) is 9.75. The quantitative estimate of drug-likeness (QED) is 0.676. The fourth-order valence-electron chi connectivity index (χ4n) is 3.07. The van der Waals surface area contributed by atoms with Crippen molar-refractivity contribution in [3.63, 3.8) is 0 Å². The van der Waals surface area contributed by atoms with Crippen molar-refractivity contribution in [1.82, 2.24) is 10.3 Å². The fourth-order valence-corrected chi connectivity index (χ4v) is 4.49. The monoisotopic (exact) mass is 497 g/mol. The van der Waals surface area contributed by atoms with E-state index in [0.717, 1.165) is 35.0 Å². The van der Waals surface area contributed by atoms with E-state index < -0.39 is 27.7 Å². The summed E-state index contributed by atoms with van der Waals surface area (Å²) in [4.78, 5) is 15.7. The Morgan fingerprint density at radius 1 is 1.26 bits per heavy atom. The highest BCUT2D eigenvalue weighted by Gasteiger charge is 2.33. The van der Waals surface area contributed by atoms with Crippen LogP contribution in [0, 0.1) is 6.92 Å². The van der Waals surface area contributed by atoms with Crippen LogP contribution in [0.1, 0.15) is 35.2 Å². The molecule has 1 aliphatic rings. The van der Waals surface area contributed by atoms with Crippen molar-refractivity contribution in [1.29, 1.82) is 0 Å². The lowest BCUT2D eigenvalue weighted by atomic mass is 10.2. The number of rotatable bonds is 4. The first-order valence-corrected chi connectivity index (χ1v) is 11.5. The molecule has 182 valence electrons. The summed E-state index contributed by atoms with van der Waals surface area (Å²) in [6.07, 6.45) is -0.324. The molecule has 0 bridgehead atoms. The van der Waals surface area contributed by atoms with Gasteiger partial charge in [0.15, 0.2) is 6.39 Å². The SMILES string of the molecule is C=C1/C(=C\C=C(/C)NC(=O)c2ocnc2C)OCCCN(c2ccc(C(F)(F)F)cc2)S1(=O)=O. The molecule has 8 nitrogen and oxygen atoms in total. The third-order valence-corrected chi connectivity index (χ3v) is 6.67. The highest BCUT2D eigenvalue weighted by Crippen LogP contribution is 2.33. The van der Waals surface area contributed by atoms with E-state index in [2.05, 4.69) is 16.9 Å². The van der Waals surface area contributed by atoms with E-state index in [-0.39, 0.29) is 41.7 Å². The Hall–Kier alpha value is -3.54. The number of ether oxygens (including phenoxy) is 1. The molecule has 0 radical (unpaired) electrons. The number of halogens is 3. The molecule has 2 aromatic rings. The van der Waals surface area contributed by atoms with E-state index >= 15 is 0 Å². The molecule has 12 heteroatoms. The molecular weight excluding hydrogens is 475 g/mol. The van der Waals surface area contributed by atoms with Crippen molar-refractivity contribution in [3.05, 3.63) is 82.8 Å². The summed E-state index contributed by atoms with van der Waals surface area (Å²) in [6, 6.07) is 3.85. The number of carbonyl (C=O) groups is 1. The molecule has 1 saturated heterocycles. The molecule has 1 aromatic carbocycles. The van der Waals surface area contributed by atoms with Gasteiger partial charge in [-0.15, -0.1) is 0 Å². The lowest BCUT2D eigenvalue weighted by Crippen LogP contribution is -2.35. The Balaban J connectivity index is 1.83. The van der Waals surface area contributed by atoms with Gasteiger partial charge in [0.05, 0.1) is 23.6 Å². The molecule has 0 unspecified atom stereocenters. The van der Waals surface area contributed by atoms with Crippen LogP contribution in [0.15, 0.2) is 70.2 Å². The Kier molecular flexibility index (Phi) is 7.20. The number of amides is 1. The summed E-state index contributed by atoms with van der Waals surface area (Å²) in [5.41, 5.74) is -0.0259. The van der Waals surface area contributed by atoms with Crippen molar-refractivity contribution in [2.75, 3.05) is 17.5 Å². The maximum Gasteiger partial charge on any atom is 0.416 e. The number of hydrogen-bond donors (Lipinski definition) is 1. The van der Waals surface area contributed by atoms with E-state index in [1.54, 1.807) is 13.8 Å². The van der Waals surface area contributed by atoms with Gasteiger partial charge in [0.2, 0.25) is 5.76 Å². The molecule has 1 aliphatic heterocycles. The average Bonchev–Trinajstić information content (AvgIpc) is 3.20. The van der Waals surface area contributed by atoms with E-state index in [4.69, 9.17) is 9.15 Å². The van der Waals surface area contributed by atoms with Gasteiger partial charge in [0.25, 0.3) is 15.9 Å². The number of nitrogens with zero attached hydrogens (tertiary/aromatic N) is 2. The second-order valence-corrected chi connectivity index (χ2v) is 9.23. The molecule has 0 spiro atoms. The van der Waals surface area contributed by atoms with Crippen molar-refractivity contribution < 1.29 is 35.5 Å². The van der Waals surface area contributed by atoms with Crippen molar-refractivity contribution >= 4 is 21.6 Å². The number of anilines is 1. The number of benzene rings is 1. The molecule has 3 rings (SSSR count). The number of alkyl halides is 3. The van der Waals surface area contributed by atoms with Crippen LogP contribution in [0.5, 0.6) is 0 Å². The Labute approximate surface area is 194 Å². The van der Waals surface area contributed by atoms with E-state index in [9.17, 15) is 26.4 Å². The zero-order valence-corrected chi connectivity index (χ0v) is 19.2. The minimum atomic E-state index is -4.53. The van der Waals surface area contributed by atoms with E-state index in [0.29, 0.717) is 11.4 Å². The van der Waals surface area contributed by atoms with Gasteiger partial charge >= 0.3 is 6.18 Å². The Morgan fingerprint density at radius 2 is 1.94 bits per heavy atom. The van der Waals surface area contributed by atoms with Crippen molar-refractivity contribution in [2.45, 2.75) is 26.4 Å². The summed E-state index contributed by atoms with van der Waals surface area (Å²) in [6.45, 7) is 6.97. The van der Waals surface area contributed by atoms with E-state index in [1.165, 1.54) is 12.2 Å². The average molecular weight is 497 g/mol. The summed E-state index contributed by atoms with van der Waals surface area (Å²) in [5, 5.41) is 2.59. The van der Waals surface area contributed by atoms with Gasteiger partial charge in [0, 0.05) is 18.7 Å². The van der Waals surface area contributed by atoms with Crippen molar-refractivity contribution in [2.24, 2.45) is 0 Å². The van der Waals surface area contributed by atoms with Crippen LogP contribution in [-0.2, 0) is 20.9 Å². The fraction of sp³-hybridized carbons (Fsp3) is 0.273. The molecule has 1 fully saturated rings. The number of nitrogens with one attached hydrogen (secondary N) is 1. The number of allylic oxidation sites excluding steroid dienone is 3. The molecule has 1 aromatic heterocycles. The van der Waals surface area contributed by atoms with Gasteiger partial charge in [-0.1, -0.05) is 6.58 Å².